The molecule has 1 aromatic heterocycles. The van der Waals surface area contributed by atoms with Crippen molar-refractivity contribution in [3.05, 3.63) is 73.5 Å². The van der Waals surface area contributed by atoms with Crippen LogP contribution in [0.1, 0.15) is 23.8 Å². The molecule has 1 aliphatic rings. The van der Waals surface area contributed by atoms with Gasteiger partial charge in [-0.1, -0.05) is 46.3 Å². The van der Waals surface area contributed by atoms with E-state index in [1.54, 1.807) is 0 Å². The molecule has 8 nitrogen and oxygen atoms in total. The van der Waals surface area contributed by atoms with Crippen LogP contribution < -0.4 is 11.2 Å². The van der Waals surface area contributed by atoms with Crippen LogP contribution >= 0.6 is 15.9 Å². The molecule has 1 fully saturated rings. The van der Waals surface area contributed by atoms with Crippen LogP contribution in [0.3, 0.4) is 0 Å². The number of nitrogens with one attached hydrogen (secondary N) is 1. The molecule has 0 aliphatic carbocycles. The first kappa shape index (κ1) is 20.7. The van der Waals surface area contributed by atoms with Crippen LogP contribution in [-0.4, -0.2) is 40.3 Å². The molecule has 1 saturated heterocycles. The summed E-state index contributed by atoms with van der Waals surface area (Å²) < 4.78 is 17.9. The molecule has 0 unspecified atom stereocenters. The third-order valence-corrected chi connectivity index (χ3v) is 4.58. The van der Waals surface area contributed by atoms with Crippen molar-refractivity contribution in [2.24, 2.45) is 0 Å². The van der Waals surface area contributed by atoms with E-state index in [1.807, 2.05) is 30.3 Å². The zero-order valence-electron chi connectivity index (χ0n) is 15.0. The van der Waals surface area contributed by atoms with Gasteiger partial charge in [-0.25, -0.2) is 4.79 Å². The second-order valence-electron chi connectivity index (χ2n) is 6.30. The number of aromatic nitrogens is 2. The van der Waals surface area contributed by atoms with E-state index in [9.17, 15) is 14.7 Å². The lowest BCUT2D eigenvalue weighted by Gasteiger charge is -2.16. The number of nitrogens with zero attached hydrogens (tertiary/aromatic N) is 1. The second kappa shape index (κ2) is 9.94. The molecule has 0 radical (unpaired) electrons. The van der Waals surface area contributed by atoms with E-state index < -0.39 is 29.7 Å². The maximum Gasteiger partial charge on any atom is 0.330 e. The molecule has 3 atom stereocenters. The molecule has 0 bridgehead atoms. The first-order valence-corrected chi connectivity index (χ1v) is 9.65. The number of H-pyrrole nitrogens is 1. The summed E-state index contributed by atoms with van der Waals surface area (Å²) in [6.07, 6.45) is 1.04. The summed E-state index contributed by atoms with van der Waals surface area (Å²) in [6, 6.07) is 9.70. The summed E-state index contributed by atoms with van der Waals surface area (Å²) in [5, 5.41) is 10.2. The Balaban J connectivity index is 1.52. The van der Waals surface area contributed by atoms with Crippen molar-refractivity contribution in [3.63, 3.8) is 0 Å². The van der Waals surface area contributed by atoms with E-state index in [4.69, 9.17) is 14.2 Å². The molecular weight excluding hydrogens is 432 g/mol. The highest BCUT2D eigenvalue weighted by atomic mass is 79.9. The number of aliphatic hydroxyl groups excluding tert-OH is 1. The van der Waals surface area contributed by atoms with Gasteiger partial charge >= 0.3 is 5.69 Å². The van der Waals surface area contributed by atoms with E-state index in [0.717, 1.165) is 5.56 Å². The van der Waals surface area contributed by atoms with Crippen molar-refractivity contribution < 1.29 is 19.3 Å². The molecular formula is C19H21BrN2O6. The van der Waals surface area contributed by atoms with Crippen molar-refractivity contribution in [2.45, 2.75) is 31.5 Å². The molecule has 2 aromatic rings. The van der Waals surface area contributed by atoms with Crippen LogP contribution in [0.2, 0.25) is 0 Å². The first-order chi connectivity index (χ1) is 13.6. The van der Waals surface area contributed by atoms with Gasteiger partial charge in [-0.3, -0.25) is 14.3 Å². The van der Waals surface area contributed by atoms with E-state index in [2.05, 4.69) is 20.9 Å². The molecule has 2 N–H and O–H groups in total. The number of hydrogen-bond donors (Lipinski definition) is 2. The second-order valence-corrected chi connectivity index (χ2v) is 6.83. The Morgan fingerprint density at radius 1 is 1.29 bits per heavy atom. The molecule has 3 rings (SSSR count). The van der Waals surface area contributed by atoms with Gasteiger partial charge in [0.2, 0.25) is 0 Å². The average Bonchev–Trinajstić information content (AvgIpc) is 3.05. The lowest BCUT2D eigenvalue weighted by Crippen LogP contribution is -2.33. The zero-order chi connectivity index (χ0) is 19.9. The standard InChI is InChI=1S/C19H21BrN2O6/c20-7-6-14-9-22(19(25)21-18(14)24)17-8-15(23)16(28-17)11-27-12-26-10-13-4-2-1-3-5-13/h1-7,9,15-17,23H,8,10-12H2,(H,21,24,25)/t15-,16+,17+/m0/s1. The Morgan fingerprint density at radius 3 is 2.82 bits per heavy atom. The maximum atomic E-state index is 12.1. The summed E-state index contributed by atoms with van der Waals surface area (Å²) in [5.74, 6) is 0. The Kier molecular flexibility index (Phi) is 7.35. The van der Waals surface area contributed by atoms with Crippen LogP contribution in [-0.2, 0) is 20.8 Å². The summed E-state index contributed by atoms with van der Waals surface area (Å²) in [4.78, 5) is 27.6. The third-order valence-electron chi connectivity index (χ3n) is 4.31. The Morgan fingerprint density at radius 2 is 2.07 bits per heavy atom. The zero-order valence-corrected chi connectivity index (χ0v) is 16.6. The maximum absolute atomic E-state index is 12.1. The van der Waals surface area contributed by atoms with Gasteiger partial charge in [-0.2, -0.15) is 0 Å². The highest BCUT2D eigenvalue weighted by molar-refractivity contribution is 9.11. The van der Waals surface area contributed by atoms with E-state index in [0.29, 0.717) is 12.2 Å². The molecule has 150 valence electrons. The number of aromatic amines is 1. The quantitative estimate of drug-likeness (QED) is 0.467. The number of halogens is 1. The van der Waals surface area contributed by atoms with Crippen LogP contribution in [0.25, 0.3) is 6.08 Å². The fourth-order valence-electron chi connectivity index (χ4n) is 2.89. The van der Waals surface area contributed by atoms with Crippen molar-refractivity contribution in [1.29, 1.82) is 0 Å². The lowest BCUT2D eigenvalue weighted by atomic mass is 10.2. The molecule has 9 heteroatoms. The van der Waals surface area contributed by atoms with Gasteiger partial charge in [-0.15, -0.1) is 0 Å². The first-order valence-electron chi connectivity index (χ1n) is 8.73. The number of benzene rings is 1. The highest BCUT2D eigenvalue weighted by Crippen LogP contribution is 2.27. The fourth-order valence-corrected chi connectivity index (χ4v) is 3.18. The topological polar surface area (TPSA) is 103 Å². The fraction of sp³-hybridized carbons (Fsp3) is 0.368. The average molecular weight is 453 g/mol. The van der Waals surface area contributed by atoms with Gasteiger partial charge in [0.1, 0.15) is 19.1 Å². The summed E-state index contributed by atoms with van der Waals surface area (Å²) in [5.41, 5.74) is 0.241. The molecule has 0 saturated carbocycles. The third kappa shape index (κ3) is 5.27. The highest BCUT2D eigenvalue weighted by Gasteiger charge is 2.35. The predicted octanol–water partition coefficient (Wildman–Crippen LogP) is 1.74. The number of aliphatic hydroxyl groups is 1. The Hall–Kier alpha value is -2.04. The van der Waals surface area contributed by atoms with Gasteiger partial charge < -0.3 is 19.3 Å². The minimum Gasteiger partial charge on any atom is -0.390 e. The monoisotopic (exact) mass is 452 g/mol. The van der Waals surface area contributed by atoms with Crippen LogP contribution in [0.15, 0.2) is 51.1 Å². The molecule has 0 spiro atoms. The molecule has 2 heterocycles. The van der Waals surface area contributed by atoms with E-state index in [-0.39, 0.29) is 19.8 Å². The summed E-state index contributed by atoms with van der Waals surface area (Å²) in [7, 11) is 0. The minimum absolute atomic E-state index is 0.0605. The van der Waals surface area contributed by atoms with Gasteiger partial charge in [0.05, 0.1) is 24.9 Å². The molecule has 1 aromatic carbocycles. The molecule has 28 heavy (non-hydrogen) atoms. The summed E-state index contributed by atoms with van der Waals surface area (Å²) >= 11 is 3.10. The normalized spacial score (nSPS) is 22.1. The Labute approximate surface area is 169 Å². The van der Waals surface area contributed by atoms with Crippen molar-refractivity contribution in [2.75, 3.05) is 13.4 Å². The SMILES string of the molecule is O=c1[nH]c(=O)n([C@H]2C[C@H](O)[C@@H](COCOCc3ccccc3)O2)cc1C=CBr. The largest absolute Gasteiger partial charge is 0.390 e. The number of hydrogen-bond acceptors (Lipinski definition) is 6. The van der Waals surface area contributed by atoms with Gasteiger partial charge in [-0.05, 0) is 16.6 Å². The van der Waals surface area contributed by atoms with Crippen LogP contribution in [0, 0.1) is 0 Å². The predicted molar refractivity (Wildman–Crippen MR) is 106 cm³/mol. The molecule has 0 amide bonds. The van der Waals surface area contributed by atoms with Crippen molar-refractivity contribution in [3.8, 4) is 0 Å². The van der Waals surface area contributed by atoms with Gasteiger partial charge in [0.15, 0.2) is 0 Å². The lowest BCUT2D eigenvalue weighted by molar-refractivity contribution is -0.114. The van der Waals surface area contributed by atoms with E-state index in [1.165, 1.54) is 21.8 Å². The van der Waals surface area contributed by atoms with Crippen molar-refractivity contribution in [1.82, 2.24) is 9.55 Å². The van der Waals surface area contributed by atoms with Gasteiger partial charge in [0.25, 0.3) is 5.56 Å². The van der Waals surface area contributed by atoms with Crippen LogP contribution in [0.4, 0.5) is 0 Å². The minimum atomic E-state index is -0.798. The number of ether oxygens (including phenoxy) is 3. The Bertz CT molecular complexity index is 911. The molecule has 1 aliphatic heterocycles. The van der Waals surface area contributed by atoms with Crippen molar-refractivity contribution >= 4 is 22.0 Å². The van der Waals surface area contributed by atoms with E-state index >= 15 is 0 Å². The number of rotatable bonds is 8. The smallest absolute Gasteiger partial charge is 0.330 e. The van der Waals surface area contributed by atoms with Gasteiger partial charge in [0, 0.05) is 12.6 Å². The van der Waals surface area contributed by atoms with Crippen LogP contribution in [0.5, 0.6) is 0 Å². The summed E-state index contributed by atoms with van der Waals surface area (Å²) in [6.45, 7) is 0.609.